The molecule has 10 nitrogen and oxygen atoms in total. The van der Waals surface area contributed by atoms with Gasteiger partial charge in [-0.25, -0.2) is 9.59 Å². The molecule has 0 aliphatic rings. The van der Waals surface area contributed by atoms with E-state index in [0.29, 0.717) is 81.8 Å². The Labute approximate surface area is 375 Å². The topological polar surface area (TPSA) is 107 Å². The Morgan fingerprint density at radius 3 is 1.03 bits per heavy atom. The summed E-state index contributed by atoms with van der Waals surface area (Å²) in [6, 6.07) is 41.6. The number of ether oxygens (including phenoxy) is 2. The van der Waals surface area contributed by atoms with E-state index in [4.69, 9.17) is 33.9 Å². The van der Waals surface area contributed by atoms with Crippen LogP contribution in [0.1, 0.15) is 94.9 Å². The minimum Gasteiger partial charge on any atom is -0.444 e. The molecular formula is C49H66N6O4S2. The molecule has 0 atom stereocenters. The summed E-state index contributed by atoms with van der Waals surface area (Å²) < 4.78 is 11.6. The van der Waals surface area contributed by atoms with Crippen molar-refractivity contribution < 1.29 is 19.1 Å². The van der Waals surface area contributed by atoms with Gasteiger partial charge in [-0.05, 0) is 107 Å². The first-order valence-corrected chi connectivity index (χ1v) is 22.2. The highest BCUT2D eigenvalue weighted by Gasteiger charge is 2.25. The Balaban J connectivity index is 1.26. The first-order chi connectivity index (χ1) is 29.2. The largest absolute Gasteiger partial charge is 0.444 e. The van der Waals surface area contributed by atoms with Gasteiger partial charge in [0.1, 0.15) is 11.2 Å². The molecule has 0 saturated carbocycles. The summed E-state index contributed by atoms with van der Waals surface area (Å²) in [6.07, 6.45) is 1.05. The van der Waals surface area contributed by atoms with E-state index < -0.39 is 23.4 Å². The van der Waals surface area contributed by atoms with E-state index in [1.54, 1.807) is 9.80 Å². The van der Waals surface area contributed by atoms with Gasteiger partial charge in [0.15, 0.2) is 10.2 Å². The highest BCUT2D eigenvalue weighted by molar-refractivity contribution is 7.80. The molecular weight excluding hydrogens is 801 g/mol. The molecule has 4 aromatic carbocycles. The maximum Gasteiger partial charge on any atom is 0.410 e. The van der Waals surface area contributed by atoms with E-state index >= 15 is 0 Å². The fourth-order valence-corrected chi connectivity index (χ4v) is 7.12. The van der Waals surface area contributed by atoms with E-state index in [0.717, 1.165) is 0 Å². The predicted octanol–water partition coefficient (Wildman–Crippen LogP) is 9.22. The molecule has 4 aromatic rings. The van der Waals surface area contributed by atoms with Gasteiger partial charge in [0, 0.05) is 64.2 Å². The molecule has 0 radical (unpaired) electrons. The molecule has 0 spiro atoms. The number of nitrogens with one attached hydrogen (secondary N) is 4. The summed E-state index contributed by atoms with van der Waals surface area (Å²) in [5.74, 6) is 0.276. The van der Waals surface area contributed by atoms with Crippen LogP contribution in [0.15, 0.2) is 121 Å². The quantitative estimate of drug-likeness (QED) is 0.0508. The maximum absolute atomic E-state index is 13.4. The standard InChI is InChI=1S/C49H66N6O4S2/c1-48(2,3)58-46(56)54(32-19-30-50-44(60)52-36-42(38-22-11-7-12-23-38)39-24-13-8-14-25-39)34-21-35-55(47(57)59-49(4,5)6)33-20-31-51-45(61)53-37-43(40-26-15-9-16-27-40)41-28-17-10-18-29-41/h7-18,22-29,42-43H,19-21,30-37H2,1-6H3,(H2,50,52,60)(H2,51,53,61). The summed E-state index contributed by atoms with van der Waals surface area (Å²) in [5.41, 5.74) is 3.54. The number of rotatable bonds is 20. The third-order valence-electron chi connectivity index (χ3n) is 9.68. The molecule has 0 saturated heterocycles. The van der Waals surface area contributed by atoms with Gasteiger partial charge in [-0.15, -0.1) is 0 Å². The fraction of sp³-hybridized carbons (Fsp3) is 0.429. The highest BCUT2D eigenvalue weighted by Crippen LogP contribution is 2.25. The second kappa shape index (κ2) is 24.9. The molecule has 61 heavy (non-hydrogen) atoms. The highest BCUT2D eigenvalue weighted by atomic mass is 32.1. The van der Waals surface area contributed by atoms with Crippen LogP contribution in [-0.4, -0.2) is 95.8 Å². The van der Waals surface area contributed by atoms with E-state index in [1.807, 2.05) is 65.8 Å². The van der Waals surface area contributed by atoms with Gasteiger partial charge in [0.2, 0.25) is 0 Å². The van der Waals surface area contributed by atoms with Crippen molar-refractivity contribution in [2.24, 2.45) is 0 Å². The second-order valence-corrected chi connectivity index (χ2v) is 17.8. The van der Waals surface area contributed by atoms with Crippen molar-refractivity contribution in [3.05, 3.63) is 144 Å². The zero-order valence-electron chi connectivity index (χ0n) is 36.8. The van der Waals surface area contributed by atoms with E-state index in [1.165, 1.54) is 22.3 Å². The van der Waals surface area contributed by atoms with Gasteiger partial charge in [0.05, 0.1) is 0 Å². The average molecular weight is 867 g/mol. The van der Waals surface area contributed by atoms with Gasteiger partial charge in [0.25, 0.3) is 0 Å². The number of carbonyl (C=O) groups is 2. The number of nitrogens with zero attached hydrogens (tertiary/aromatic N) is 2. The molecule has 0 aliphatic heterocycles. The average Bonchev–Trinajstić information content (AvgIpc) is 3.23. The second-order valence-electron chi connectivity index (χ2n) is 17.0. The lowest BCUT2D eigenvalue weighted by molar-refractivity contribution is 0.0203. The normalized spacial score (nSPS) is 11.4. The number of thiocarbonyl (C=S) groups is 2. The van der Waals surface area contributed by atoms with Crippen molar-refractivity contribution in [1.29, 1.82) is 0 Å². The van der Waals surface area contributed by atoms with Crippen LogP contribution in [0.5, 0.6) is 0 Å². The minimum atomic E-state index is -0.651. The molecule has 4 rings (SSSR count). The molecule has 0 aromatic heterocycles. The summed E-state index contributed by atoms with van der Waals surface area (Å²) >= 11 is 11.3. The van der Waals surface area contributed by atoms with Crippen LogP contribution in [-0.2, 0) is 9.47 Å². The lowest BCUT2D eigenvalue weighted by atomic mass is 9.91. The summed E-state index contributed by atoms with van der Waals surface area (Å²) in [6.45, 7) is 15.3. The third-order valence-corrected chi connectivity index (χ3v) is 10.3. The van der Waals surface area contributed by atoms with E-state index in [2.05, 4.69) is 118 Å². The number of hydrogen-bond donors (Lipinski definition) is 4. The van der Waals surface area contributed by atoms with Gasteiger partial charge >= 0.3 is 12.2 Å². The van der Waals surface area contributed by atoms with Crippen LogP contribution in [0, 0.1) is 0 Å². The molecule has 0 unspecified atom stereocenters. The molecule has 0 bridgehead atoms. The fourth-order valence-electron chi connectivity index (χ4n) is 6.75. The van der Waals surface area contributed by atoms with Crippen LogP contribution in [0.3, 0.4) is 0 Å². The Hall–Kier alpha value is -5.20. The molecule has 0 aliphatic carbocycles. The van der Waals surface area contributed by atoms with Crippen LogP contribution in [0.25, 0.3) is 0 Å². The Kier molecular flexibility index (Phi) is 19.8. The van der Waals surface area contributed by atoms with Crippen molar-refractivity contribution in [2.75, 3.05) is 52.4 Å². The van der Waals surface area contributed by atoms with Gasteiger partial charge in [-0.1, -0.05) is 121 Å². The predicted molar refractivity (Wildman–Crippen MR) is 256 cm³/mol. The molecule has 12 heteroatoms. The van der Waals surface area contributed by atoms with Crippen LogP contribution in [0.2, 0.25) is 0 Å². The van der Waals surface area contributed by atoms with Crippen LogP contribution >= 0.6 is 24.4 Å². The lowest BCUT2D eigenvalue weighted by Gasteiger charge is -2.30. The monoisotopic (exact) mass is 866 g/mol. The third kappa shape index (κ3) is 18.5. The van der Waals surface area contributed by atoms with Gasteiger partial charge in [-0.2, -0.15) is 0 Å². The Morgan fingerprint density at radius 2 is 0.754 bits per heavy atom. The van der Waals surface area contributed by atoms with E-state index in [9.17, 15) is 9.59 Å². The first kappa shape index (κ1) is 48.5. The zero-order valence-corrected chi connectivity index (χ0v) is 38.5. The van der Waals surface area contributed by atoms with Gasteiger partial charge in [-0.3, -0.25) is 0 Å². The molecule has 328 valence electrons. The lowest BCUT2D eigenvalue weighted by Crippen LogP contribution is -2.43. The minimum absolute atomic E-state index is 0.138. The molecule has 0 heterocycles. The Bertz CT molecular complexity index is 1690. The number of hydrogen-bond acceptors (Lipinski definition) is 6. The van der Waals surface area contributed by atoms with Crippen molar-refractivity contribution in [3.8, 4) is 0 Å². The number of carbonyl (C=O) groups excluding carboxylic acids is 2. The SMILES string of the molecule is CC(C)(C)OC(=O)N(CCCNC(=S)NCC(c1ccccc1)c1ccccc1)CCCN(CCCNC(=S)NCC(c1ccccc1)c1ccccc1)C(=O)OC(C)(C)C. The van der Waals surface area contributed by atoms with Crippen molar-refractivity contribution in [1.82, 2.24) is 31.1 Å². The van der Waals surface area contributed by atoms with Crippen LogP contribution in [0.4, 0.5) is 9.59 Å². The number of benzene rings is 4. The first-order valence-electron chi connectivity index (χ1n) is 21.4. The Morgan fingerprint density at radius 1 is 0.475 bits per heavy atom. The smallest absolute Gasteiger partial charge is 0.410 e. The molecule has 2 amide bonds. The summed E-state index contributed by atoms with van der Waals surface area (Å²) in [5, 5.41) is 14.5. The number of amides is 2. The summed E-state index contributed by atoms with van der Waals surface area (Å²) in [4.78, 5) is 30.2. The van der Waals surface area contributed by atoms with Crippen molar-refractivity contribution in [3.63, 3.8) is 0 Å². The molecule has 0 fully saturated rings. The van der Waals surface area contributed by atoms with Crippen LogP contribution < -0.4 is 21.3 Å². The van der Waals surface area contributed by atoms with Crippen molar-refractivity contribution >= 4 is 46.8 Å². The zero-order chi connectivity index (χ0) is 44.1. The molecule has 4 N–H and O–H groups in total. The maximum atomic E-state index is 13.4. The van der Waals surface area contributed by atoms with Gasteiger partial charge < -0.3 is 40.5 Å². The van der Waals surface area contributed by atoms with E-state index in [-0.39, 0.29) is 11.8 Å². The van der Waals surface area contributed by atoms with Crippen molar-refractivity contribution in [2.45, 2.75) is 83.8 Å². The summed E-state index contributed by atoms with van der Waals surface area (Å²) in [7, 11) is 0.